The molecule has 3 N–H and O–H groups in total. The van der Waals surface area contributed by atoms with Crippen LogP contribution in [0.1, 0.15) is 44.1 Å². The predicted molar refractivity (Wildman–Crippen MR) is 95.6 cm³/mol. The van der Waals surface area contributed by atoms with E-state index in [1.165, 1.54) is 24.3 Å². The summed E-state index contributed by atoms with van der Waals surface area (Å²) in [6.45, 7) is 0.238. The molecule has 0 aliphatic heterocycles. The summed E-state index contributed by atoms with van der Waals surface area (Å²) in [6.07, 6.45) is 6.00. The van der Waals surface area contributed by atoms with Crippen LogP contribution in [0.25, 0.3) is 0 Å². The molecule has 1 aromatic carbocycles. The molecule has 1 aliphatic carbocycles. The lowest BCUT2D eigenvalue weighted by molar-refractivity contribution is -0.384. The Labute approximate surface area is 148 Å². The minimum absolute atomic E-state index is 0. The predicted octanol–water partition coefficient (Wildman–Crippen LogP) is 2.49. The molecular formula is C15H24ClN3O4S. The molecule has 1 aliphatic rings. The number of halogens is 1. The third kappa shape index (κ3) is 6.35. The topological polar surface area (TPSA) is 115 Å². The Morgan fingerprint density at radius 2 is 1.67 bits per heavy atom. The van der Waals surface area contributed by atoms with Crippen molar-refractivity contribution in [1.29, 1.82) is 0 Å². The molecule has 0 amide bonds. The van der Waals surface area contributed by atoms with E-state index in [9.17, 15) is 18.5 Å². The van der Waals surface area contributed by atoms with Crippen molar-refractivity contribution in [1.82, 2.24) is 4.72 Å². The highest BCUT2D eigenvalue weighted by molar-refractivity contribution is 7.88. The van der Waals surface area contributed by atoms with Gasteiger partial charge in [-0.3, -0.25) is 10.1 Å². The van der Waals surface area contributed by atoms with Gasteiger partial charge in [0, 0.05) is 24.2 Å². The van der Waals surface area contributed by atoms with Crippen molar-refractivity contribution in [3.63, 3.8) is 0 Å². The molecule has 0 heterocycles. The summed E-state index contributed by atoms with van der Waals surface area (Å²) in [4.78, 5) is 10.1. The van der Waals surface area contributed by atoms with Gasteiger partial charge in [0.15, 0.2) is 0 Å². The molecule has 1 aromatic rings. The van der Waals surface area contributed by atoms with Crippen LogP contribution in [0.5, 0.6) is 0 Å². The molecule has 0 bridgehead atoms. The SMILES string of the molecule is Cl.NC1(CNS(=O)(=O)Cc2ccc([N+](=O)[O-])cc2)CCCCCC1. The third-order valence-corrected chi connectivity index (χ3v) is 5.54. The van der Waals surface area contributed by atoms with Crippen molar-refractivity contribution in [2.75, 3.05) is 6.54 Å². The van der Waals surface area contributed by atoms with Crippen molar-refractivity contribution < 1.29 is 13.3 Å². The van der Waals surface area contributed by atoms with Crippen molar-refractivity contribution in [3.05, 3.63) is 39.9 Å². The Morgan fingerprint density at radius 1 is 1.12 bits per heavy atom. The molecule has 0 atom stereocenters. The van der Waals surface area contributed by atoms with E-state index in [4.69, 9.17) is 5.73 Å². The fourth-order valence-electron chi connectivity index (χ4n) is 2.85. The number of benzene rings is 1. The molecule has 1 saturated carbocycles. The lowest BCUT2D eigenvalue weighted by atomic mass is 9.92. The largest absolute Gasteiger partial charge is 0.324 e. The van der Waals surface area contributed by atoms with E-state index in [0.717, 1.165) is 38.5 Å². The number of nitrogens with one attached hydrogen (secondary N) is 1. The summed E-state index contributed by atoms with van der Waals surface area (Å²) < 4.78 is 27.0. The van der Waals surface area contributed by atoms with E-state index < -0.39 is 20.5 Å². The summed E-state index contributed by atoms with van der Waals surface area (Å²) in [5, 5.41) is 10.6. The molecule has 7 nitrogen and oxygen atoms in total. The van der Waals surface area contributed by atoms with E-state index >= 15 is 0 Å². The van der Waals surface area contributed by atoms with Crippen LogP contribution in [0.4, 0.5) is 5.69 Å². The zero-order chi connectivity index (χ0) is 16.9. The average molecular weight is 378 g/mol. The van der Waals surface area contributed by atoms with Crippen LogP contribution in [0, 0.1) is 10.1 Å². The van der Waals surface area contributed by atoms with Crippen molar-refractivity contribution in [3.8, 4) is 0 Å². The second-order valence-electron chi connectivity index (χ2n) is 6.28. The molecule has 0 saturated heterocycles. The summed E-state index contributed by atoms with van der Waals surface area (Å²) in [6, 6.07) is 5.53. The van der Waals surface area contributed by atoms with Crippen LogP contribution in [-0.2, 0) is 15.8 Å². The van der Waals surface area contributed by atoms with Crippen LogP contribution in [0.3, 0.4) is 0 Å². The van der Waals surface area contributed by atoms with Gasteiger partial charge in [0.2, 0.25) is 10.0 Å². The lowest BCUT2D eigenvalue weighted by Gasteiger charge is -2.28. The molecular weight excluding hydrogens is 354 g/mol. The Morgan fingerprint density at radius 3 is 2.17 bits per heavy atom. The summed E-state index contributed by atoms with van der Waals surface area (Å²) >= 11 is 0. The number of hydrogen-bond acceptors (Lipinski definition) is 5. The van der Waals surface area contributed by atoms with E-state index in [1.54, 1.807) is 0 Å². The second kappa shape index (κ2) is 8.75. The summed E-state index contributed by atoms with van der Waals surface area (Å²) in [7, 11) is -3.52. The second-order valence-corrected chi connectivity index (χ2v) is 8.09. The first-order chi connectivity index (χ1) is 10.8. The average Bonchev–Trinajstić information content (AvgIpc) is 2.71. The van der Waals surface area contributed by atoms with E-state index in [0.29, 0.717) is 5.56 Å². The number of nitro groups is 1. The Bertz CT molecular complexity index is 641. The van der Waals surface area contributed by atoms with Crippen LogP contribution in [0.2, 0.25) is 0 Å². The molecule has 0 radical (unpaired) electrons. The van der Waals surface area contributed by atoms with Gasteiger partial charge in [-0.2, -0.15) is 0 Å². The van der Waals surface area contributed by atoms with Gasteiger partial charge in [-0.25, -0.2) is 13.1 Å². The smallest absolute Gasteiger partial charge is 0.269 e. The van der Waals surface area contributed by atoms with Gasteiger partial charge in [0.25, 0.3) is 5.69 Å². The number of rotatable bonds is 6. The molecule has 136 valence electrons. The monoisotopic (exact) mass is 377 g/mol. The number of sulfonamides is 1. The van der Waals surface area contributed by atoms with E-state index in [2.05, 4.69) is 4.72 Å². The first kappa shape index (κ1) is 20.8. The number of nitro benzene ring substituents is 1. The highest BCUT2D eigenvalue weighted by atomic mass is 35.5. The van der Waals surface area contributed by atoms with Crippen molar-refractivity contribution in [2.45, 2.75) is 49.8 Å². The Kier molecular flexibility index (Phi) is 7.59. The Hall–Kier alpha value is -1.22. The molecule has 1 fully saturated rings. The molecule has 9 heteroatoms. The van der Waals surface area contributed by atoms with Gasteiger partial charge >= 0.3 is 0 Å². The van der Waals surface area contributed by atoms with Gasteiger partial charge in [-0.1, -0.05) is 37.8 Å². The normalized spacial score (nSPS) is 17.5. The van der Waals surface area contributed by atoms with Crippen LogP contribution >= 0.6 is 12.4 Å². The van der Waals surface area contributed by atoms with Crippen LogP contribution < -0.4 is 10.5 Å². The minimum atomic E-state index is -3.52. The molecule has 0 aromatic heterocycles. The van der Waals surface area contributed by atoms with Crippen LogP contribution in [0.15, 0.2) is 24.3 Å². The highest BCUT2D eigenvalue weighted by Gasteiger charge is 2.28. The quantitative estimate of drug-likeness (QED) is 0.449. The lowest BCUT2D eigenvalue weighted by Crippen LogP contribution is -2.49. The highest BCUT2D eigenvalue weighted by Crippen LogP contribution is 2.24. The molecule has 0 spiro atoms. The van der Waals surface area contributed by atoms with Crippen molar-refractivity contribution in [2.24, 2.45) is 5.73 Å². The number of hydrogen-bond donors (Lipinski definition) is 2. The number of non-ortho nitro benzene ring substituents is 1. The first-order valence-electron chi connectivity index (χ1n) is 7.79. The Balaban J connectivity index is 0.00000288. The van der Waals surface area contributed by atoms with Crippen molar-refractivity contribution >= 4 is 28.1 Å². The maximum atomic E-state index is 12.2. The third-order valence-electron chi connectivity index (χ3n) is 4.25. The first-order valence-corrected chi connectivity index (χ1v) is 9.44. The zero-order valence-corrected chi connectivity index (χ0v) is 15.1. The minimum Gasteiger partial charge on any atom is -0.324 e. The standard InChI is InChI=1S/C15H23N3O4S.ClH/c16-15(9-3-1-2-4-10-15)12-17-23(21,22)11-13-5-7-14(8-6-13)18(19)20;/h5-8,17H,1-4,9-12,16H2;1H. The molecule has 0 unspecified atom stereocenters. The maximum Gasteiger partial charge on any atom is 0.269 e. The summed E-state index contributed by atoms with van der Waals surface area (Å²) in [5.41, 5.74) is 6.29. The van der Waals surface area contributed by atoms with Gasteiger partial charge in [-0.05, 0) is 18.4 Å². The summed E-state index contributed by atoms with van der Waals surface area (Å²) in [5.74, 6) is -0.207. The van der Waals surface area contributed by atoms with Gasteiger partial charge < -0.3 is 5.73 Å². The van der Waals surface area contributed by atoms with E-state index in [-0.39, 0.29) is 30.4 Å². The molecule has 2 rings (SSSR count). The fraction of sp³-hybridized carbons (Fsp3) is 0.600. The number of nitrogens with two attached hydrogens (primary N) is 1. The fourth-order valence-corrected chi connectivity index (χ4v) is 4.09. The van der Waals surface area contributed by atoms with Gasteiger partial charge in [0.05, 0.1) is 10.7 Å². The van der Waals surface area contributed by atoms with Crippen LogP contribution in [-0.4, -0.2) is 25.4 Å². The van der Waals surface area contributed by atoms with E-state index in [1.807, 2.05) is 0 Å². The van der Waals surface area contributed by atoms with Gasteiger partial charge in [-0.15, -0.1) is 12.4 Å². The zero-order valence-electron chi connectivity index (χ0n) is 13.4. The maximum absolute atomic E-state index is 12.2. The van der Waals surface area contributed by atoms with Gasteiger partial charge in [0.1, 0.15) is 0 Å². The number of nitrogens with zero attached hydrogens (tertiary/aromatic N) is 1. The molecule has 24 heavy (non-hydrogen) atoms.